The van der Waals surface area contributed by atoms with Gasteiger partial charge in [0.25, 0.3) is 0 Å². The number of benzene rings is 2. The van der Waals surface area contributed by atoms with Crippen molar-refractivity contribution in [3.05, 3.63) is 89.5 Å². The predicted molar refractivity (Wildman–Crippen MR) is 134 cm³/mol. The molecular weight excluding hydrogens is 511 g/mol. The Kier molecular flexibility index (Phi) is 13.2. The van der Waals surface area contributed by atoms with Crippen molar-refractivity contribution in [2.45, 2.75) is 25.7 Å². The van der Waals surface area contributed by atoms with Crippen molar-refractivity contribution in [1.29, 1.82) is 0 Å². The third-order valence-electron chi connectivity index (χ3n) is 5.17. The first-order valence-corrected chi connectivity index (χ1v) is 13.3. The van der Waals surface area contributed by atoms with Crippen LogP contribution in [-0.4, -0.2) is 55.5 Å². The quantitative estimate of drug-likeness (QED) is 0.232. The smallest absolute Gasteiger partial charge is 0.745 e. The van der Waals surface area contributed by atoms with Gasteiger partial charge in [-0.15, -0.1) is 42.5 Å². The molecule has 0 unspecified atom stereocenters. The molecule has 36 heavy (non-hydrogen) atoms. The van der Waals surface area contributed by atoms with E-state index in [1.165, 1.54) is 18.2 Å². The molecule has 0 aromatic heterocycles. The van der Waals surface area contributed by atoms with Crippen LogP contribution in [0.25, 0.3) is 5.57 Å². The maximum absolute atomic E-state index is 11.6. The summed E-state index contributed by atoms with van der Waals surface area (Å²) in [4.78, 5) is -0.261. The van der Waals surface area contributed by atoms with Gasteiger partial charge in [-0.3, -0.25) is 0 Å². The van der Waals surface area contributed by atoms with Crippen LogP contribution < -0.4 is 34.9 Å². The fourth-order valence-corrected chi connectivity index (χ4v) is 4.11. The average Bonchev–Trinajstić information content (AvgIpc) is 2.82. The summed E-state index contributed by atoms with van der Waals surface area (Å²) in [5, 5.41) is 3.27. The minimum atomic E-state index is -4.56. The molecule has 1 aliphatic rings. The zero-order valence-corrected chi connectivity index (χ0v) is 24.3. The number of rotatable bonds is 7. The van der Waals surface area contributed by atoms with Gasteiger partial charge in [-0.2, -0.15) is 0 Å². The first kappa shape index (κ1) is 31.7. The molecule has 1 aliphatic carbocycles. The van der Waals surface area contributed by atoms with Gasteiger partial charge in [0.1, 0.15) is 23.2 Å². The first-order chi connectivity index (χ1) is 16.6. The molecule has 1 N–H and O–H groups in total. The Hall–Kier alpha value is -2.34. The van der Waals surface area contributed by atoms with E-state index < -0.39 is 20.7 Å². The second kappa shape index (κ2) is 15.0. The van der Waals surface area contributed by atoms with Gasteiger partial charge in [0.05, 0.1) is 0 Å². The molecule has 0 atom stereocenters. The van der Waals surface area contributed by atoms with Crippen molar-refractivity contribution in [2.24, 2.45) is 0 Å². The van der Waals surface area contributed by atoms with Gasteiger partial charge < -0.3 is 9.87 Å². The topological polar surface area (TPSA) is 123 Å². The fourth-order valence-electron chi connectivity index (χ4n) is 3.61. The molecule has 11 heteroatoms. The Balaban J connectivity index is 0.00000120. The van der Waals surface area contributed by atoms with Crippen LogP contribution in [0.1, 0.15) is 31.9 Å². The summed E-state index contributed by atoms with van der Waals surface area (Å²) in [5.41, 5.74) is 5.33. The molecule has 2 aromatic rings. The van der Waals surface area contributed by atoms with Crippen molar-refractivity contribution >= 4 is 37.7 Å². The van der Waals surface area contributed by atoms with Crippen molar-refractivity contribution in [2.75, 3.05) is 25.0 Å². The molecule has 0 saturated heterocycles. The molecule has 0 aliphatic heterocycles. The molecule has 0 fully saturated rings. The predicted octanol–water partition coefficient (Wildman–Crippen LogP) is 0.244. The van der Waals surface area contributed by atoms with Gasteiger partial charge in [0.15, 0.2) is 5.71 Å². The number of hydrogen-bond acceptors (Lipinski definition) is 7. The van der Waals surface area contributed by atoms with E-state index in [1.54, 1.807) is 0 Å². The molecule has 0 amide bonds. The Morgan fingerprint density at radius 3 is 2.00 bits per heavy atom. The molecule has 2 aromatic carbocycles. The Morgan fingerprint density at radius 2 is 1.53 bits per heavy atom. The monoisotopic (exact) mass is 538 g/mol. The number of allylic oxidation sites excluding steroid dienone is 5. The van der Waals surface area contributed by atoms with Crippen LogP contribution in [0.4, 0.5) is 5.69 Å². The molecule has 0 spiro atoms. The standard InChI is InChI=1S/C25H27N2O3S.Na.O3S/c1-4-26-22-14-10-19(11-15-22)25(21-8-7-9-24(18-21)31(28,29)30)20-12-16-23(17-13-20)27(5-2)6-3;;1-4(2)3/h7,9-18H,4-6H2,1-3H3,(H,28,29,30);;/q-1;+1;. The SMILES string of the molecule is CCNc1ccc(C(=C2C=CC(=[N+](CC)CC)C=C2)c2[c-]ccc(S(=O)(=O)[O-])c2)cc1.O=S(=O)=O.[Na+]. The van der Waals surface area contributed by atoms with E-state index in [2.05, 4.69) is 42.0 Å². The summed E-state index contributed by atoms with van der Waals surface area (Å²) in [6.07, 6.45) is 8.16. The van der Waals surface area contributed by atoms with Crippen LogP contribution in [0, 0.1) is 6.07 Å². The maximum atomic E-state index is 11.6. The van der Waals surface area contributed by atoms with Crippen LogP contribution >= 0.6 is 0 Å². The molecule has 0 heterocycles. The van der Waals surface area contributed by atoms with E-state index in [0.717, 1.165) is 47.7 Å². The van der Waals surface area contributed by atoms with Gasteiger partial charge in [0, 0.05) is 24.4 Å². The number of nitrogens with zero attached hydrogens (tertiary/aromatic N) is 1. The van der Waals surface area contributed by atoms with Crippen molar-refractivity contribution in [3.8, 4) is 0 Å². The van der Waals surface area contributed by atoms with E-state index in [4.69, 9.17) is 12.6 Å². The molecule has 8 nitrogen and oxygen atoms in total. The summed E-state index contributed by atoms with van der Waals surface area (Å²) in [6, 6.07) is 15.2. The molecule has 0 radical (unpaired) electrons. The van der Waals surface area contributed by atoms with Gasteiger partial charge >= 0.3 is 40.2 Å². The van der Waals surface area contributed by atoms with Crippen molar-refractivity contribution < 1.29 is 59.7 Å². The average molecular weight is 539 g/mol. The van der Waals surface area contributed by atoms with Gasteiger partial charge in [-0.25, -0.2) is 13.0 Å². The summed E-state index contributed by atoms with van der Waals surface area (Å²) in [7, 11) is -7.67. The first-order valence-electron chi connectivity index (χ1n) is 10.9. The van der Waals surface area contributed by atoms with Crippen LogP contribution in [0.5, 0.6) is 0 Å². The second-order valence-electron chi connectivity index (χ2n) is 7.30. The third kappa shape index (κ3) is 9.27. The molecule has 3 rings (SSSR count). The summed E-state index contributed by atoms with van der Waals surface area (Å²) in [5.74, 6) is 0. The van der Waals surface area contributed by atoms with Crippen LogP contribution in [0.2, 0.25) is 0 Å². The number of hydrogen-bond donors (Lipinski definition) is 1. The number of nitrogens with one attached hydrogen (secondary N) is 1. The molecule has 186 valence electrons. The molecule has 0 bridgehead atoms. The van der Waals surface area contributed by atoms with Crippen LogP contribution in [-0.2, 0) is 20.7 Å². The van der Waals surface area contributed by atoms with E-state index >= 15 is 0 Å². The Bertz CT molecular complexity index is 1360. The maximum Gasteiger partial charge on any atom is 1.00 e. The molecular formula is C25H27N2NaO6S2. The normalized spacial score (nSPS) is 12.2. The number of anilines is 1. The minimum Gasteiger partial charge on any atom is -0.745 e. The summed E-state index contributed by atoms with van der Waals surface area (Å²) < 4.78 is 62.4. The Morgan fingerprint density at radius 1 is 0.972 bits per heavy atom. The largest absolute Gasteiger partial charge is 1.00 e. The van der Waals surface area contributed by atoms with E-state index in [-0.39, 0.29) is 34.5 Å². The van der Waals surface area contributed by atoms with E-state index in [9.17, 15) is 13.0 Å². The van der Waals surface area contributed by atoms with Crippen molar-refractivity contribution in [1.82, 2.24) is 0 Å². The Labute approximate surface area is 236 Å². The zero-order chi connectivity index (χ0) is 26.0. The van der Waals surface area contributed by atoms with Gasteiger partial charge in [-0.1, -0.05) is 41.0 Å². The minimum absolute atomic E-state index is 0. The summed E-state index contributed by atoms with van der Waals surface area (Å²) in [6.45, 7) is 8.91. The zero-order valence-electron chi connectivity index (χ0n) is 20.7. The second-order valence-corrected chi connectivity index (χ2v) is 9.09. The van der Waals surface area contributed by atoms with Crippen LogP contribution in [0.3, 0.4) is 0 Å². The van der Waals surface area contributed by atoms with E-state index in [1.807, 2.05) is 43.3 Å². The molecule has 0 saturated carbocycles. The van der Waals surface area contributed by atoms with E-state index in [0.29, 0.717) is 5.56 Å². The summed E-state index contributed by atoms with van der Waals surface area (Å²) >= 11 is 0. The third-order valence-corrected chi connectivity index (χ3v) is 6.00. The van der Waals surface area contributed by atoms with Crippen LogP contribution in [0.15, 0.2) is 77.2 Å². The fraction of sp³-hybridized carbons (Fsp3) is 0.240. The van der Waals surface area contributed by atoms with Gasteiger partial charge in [0.2, 0.25) is 0 Å². The van der Waals surface area contributed by atoms with Gasteiger partial charge in [-0.05, 0) is 37.8 Å². The van der Waals surface area contributed by atoms with Crippen molar-refractivity contribution in [3.63, 3.8) is 0 Å².